The van der Waals surface area contributed by atoms with Crippen LogP contribution in [0.4, 0.5) is 0 Å². The standard InChI is InChI=1S/C10H20S6/c11-7-13-3-1-9-5-16-10(6-15-9)2-4-14-8-12/h9-12H,1-8H2. The van der Waals surface area contributed by atoms with Crippen molar-refractivity contribution in [2.45, 2.75) is 23.3 Å². The molecule has 6 heteroatoms. The van der Waals surface area contributed by atoms with Crippen molar-refractivity contribution >= 4 is 72.3 Å². The third-order valence-electron chi connectivity index (χ3n) is 2.39. The minimum absolute atomic E-state index is 0.895. The largest absolute Gasteiger partial charge is 0.168 e. The number of thioether (sulfide) groups is 4. The fourth-order valence-corrected chi connectivity index (χ4v) is 6.83. The first-order valence-electron chi connectivity index (χ1n) is 5.47. The number of rotatable bonds is 8. The van der Waals surface area contributed by atoms with Crippen molar-refractivity contribution in [3.05, 3.63) is 0 Å². The quantitative estimate of drug-likeness (QED) is 0.388. The van der Waals surface area contributed by atoms with E-state index in [1.165, 1.54) is 35.9 Å². The summed E-state index contributed by atoms with van der Waals surface area (Å²) in [5.74, 6) is 5.27. The molecule has 0 aliphatic carbocycles. The molecule has 1 saturated heterocycles. The minimum Gasteiger partial charge on any atom is -0.168 e. The molecular formula is C10H20S6. The topological polar surface area (TPSA) is 0 Å². The van der Waals surface area contributed by atoms with Crippen LogP contribution >= 0.6 is 72.3 Å². The zero-order valence-electron chi connectivity index (χ0n) is 9.34. The van der Waals surface area contributed by atoms with Crippen LogP contribution < -0.4 is 0 Å². The van der Waals surface area contributed by atoms with Gasteiger partial charge in [0.05, 0.1) is 0 Å². The van der Waals surface area contributed by atoms with Gasteiger partial charge in [-0.25, -0.2) is 0 Å². The highest BCUT2D eigenvalue weighted by molar-refractivity contribution is 8.10. The Morgan fingerprint density at radius 3 is 1.62 bits per heavy atom. The molecule has 0 aromatic carbocycles. The second kappa shape index (κ2) is 11.0. The molecule has 0 bridgehead atoms. The average Bonchev–Trinajstić information content (AvgIpc) is 2.32. The molecule has 2 unspecified atom stereocenters. The van der Waals surface area contributed by atoms with E-state index in [9.17, 15) is 0 Å². The van der Waals surface area contributed by atoms with E-state index in [4.69, 9.17) is 0 Å². The molecule has 0 saturated carbocycles. The van der Waals surface area contributed by atoms with Gasteiger partial charge in [-0.2, -0.15) is 72.3 Å². The van der Waals surface area contributed by atoms with E-state index in [0.29, 0.717) is 0 Å². The van der Waals surface area contributed by atoms with Crippen molar-refractivity contribution in [2.75, 3.05) is 33.2 Å². The van der Waals surface area contributed by atoms with E-state index < -0.39 is 0 Å². The van der Waals surface area contributed by atoms with Gasteiger partial charge < -0.3 is 0 Å². The third kappa shape index (κ3) is 7.52. The van der Waals surface area contributed by atoms with Crippen molar-refractivity contribution in [2.24, 2.45) is 0 Å². The predicted molar refractivity (Wildman–Crippen MR) is 94.3 cm³/mol. The van der Waals surface area contributed by atoms with E-state index in [2.05, 4.69) is 48.8 Å². The van der Waals surface area contributed by atoms with E-state index in [-0.39, 0.29) is 0 Å². The molecule has 1 aliphatic rings. The molecule has 1 aliphatic heterocycles. The number of hydrogen-bond donors (Lipinski definition) is 2. The number of thiol groups is 2. The SMILES string of the molecule is SCSCCC1CSC(CCSCS)CS1. The van der Waals surface area contributed by atoms with Crippen LogP contribution in [0.1, 0.15) is 12.8 Å². The Bertz CT molecular complexity index is 139. The van der Waals surface area contributed by atoms with Crippen LogP contribution in [-0.4, -0.2) is 43.7 Å². The Balaban J connectivity index is 2.00. The van der Waals surface area contributed by atoms with Gasteiger partial charge in [-0.05, 0) is 24.3 Å². The molecule has 0 aromatic rings. The number of hydrogen-bond acceptors (Lipinski definition) is 6. The summed E-state index contributed by atoms with van der Waals surface area (Å²) in [6, 6.07) is 0. The van der Waals surface area contributed by atoms with Gasteiger partial charge >= 0.3 is 0 Å². The second-order valence-corrected chi connectivity index (χ2v) is 9.93. The summed E-state index contributed by atoms with van der Waals surface area (Å²) in [4.78, 5) is 0. The lowest BCUT2D eigenvalue weighted by Gasteiger charge is -2.27. The van der Waals surface area contributed by atoms with Gasteiger partial charge in [0.15, 0.2) is 0 Å². The highest BCUT2D eigenvalue weighted by Crippen LogP contribution is 2.34. The van der Waals surface area contributed by atoms with Gasteiger partial charge in [-0.1, -0.05) is 0 Å². The van der Waals surface area contributed by atoms with E-state index in [1.807, 2.05) is 23.5 Å². The average molecular weight is 333 g/mol. The van der Waals surface area contributed by atoms with Crippen molar-refractivity contribution in [3.63, 3.8) is 0 Å². The summed E-state index contributed by atoms with van der Waals surface area (Å²) in [5, 5.41) is 3.72. The minimum atomic E-state index is 0.895. The van der Waals surface area contributed by atoms with Crippen molar-refractivity contribution in [3.8, 4) is 0 Å². The molecule has 0 spiro atoms. The summed E-state index contributed by atoms with van der Waals surface area (Å²) >= 11 is 16.7. The van der Waals surface area contributed by atoms with E-state index in [0.717, 1.165) is 20.7 Å². The van der Waals surface area contributed by atoms with Crippen LogP contribution in [0.25, 0.3) is 0 Å². The van der Waals surface area contributed by atoms with Crippen LogP contribution in [0.5, 0.6) is 0 Å². The van der Waals surface area contributed by atoms with Crippen LogP contribution in [0, 0.1) is 0 Å². The Morgan fingerprint density at radius 1 is 0.875 bits per heavy atom. The lowest BCUT2D eigenvalue weighted by Crippen LogP contribution is -2.22. The Labute approximate surface area is 128 Å². The van der Waals surface area contributed by atoms with Gasteiger partial charge in [0.1, 0.15) is 0 Å². The molecular weight excluding hydrogens is 313 g/mol. The molecule has 0 amide bonds. The van der Waals surface area contributed by atoms with Crippen molar-refractivity contribution in [1.29, 1.82) is 0 Å². The first-order valence-corrected chi connectivity index (χ1v) is 11.1. The van der Waals surface area contributed by atoms with Crippen LogP contribution in [0.3, 0.4) is 0 Å². The first kappa shape index (κ1) is 16.2. The molecule has 1 rings (SSSR count). The van der Waals surface area contributed by atoms with Gasteiger partial charge in [0.2, 0.25) is 0 Å². The lowest BCUT2D eigenvalue weighted by molar-refractivity contribution is 0.871. The molecule has 96 valence electrons. The normalized spacial score (nSPS) is 25.9. The molecule has 16 heavy (non-hydrogen) atoms. The fourth-order valence-electron chi connectivity index (χ4n) is 1.48. The Kier molecular flexibility index (Phi) is 11.1. The van der Waals surface area contributed by atoms with Crippen LogP contribution in [-0.2, 0) is 0 Å². The molecule has 2 atom stereocenters. The summed E-state index contributed by atoms with van der Waals surface area (Å²) in [6.45, 7) is 0. The summed E-state index contributed by atoms with van der Waals surface area (Å²) in [7, 11) is 0. The predicted octanol–water partition coefficient (Wildman–Crippen LogP) is 4.22. The Hall–Kier alpha value is 2.10. The second-order valence-electron chi connectivity index (χ2n) is 3.56. The Morgan fingerprint density at radius 2 is 1.31 bits per heavy atom. The maximum atomic E-state index is 4.22. The van der Waals surface area contributed by atoms with Crippen molar-refractivity contribution < 1.29 is 0 Å². The molecule has 0 nitrogen and oxygen atoms in total. The molecule has 1 fully saturated rings. The summed E-state index contributed by atoms with van der Waals surface area (Å²) < 4.78 is 0. The van der Waals surface area contributed by atoms with Crippen LogP contribution in [0.2, 0.25) is 0 Å². The molecule has 0 radical (unpaired) electrons. The smallest absolute Gasteiger partial charge is 0.0361 e. The zero-order valence-corrected chi connectivity index (χ0v) is 14.4. The fraction of sp³-hybridized carbons (Fsp3) is 1.00. The van der Waals surface area contributed by atoms with Crippen LogP contribution in [0.15, 0.2) is 0 Å². The molecule has 1 heterocycles. The third-order valence-corrected chi connectivity index (χ3v) is 8.26. The van der Waals surface area contributed by atoms with Gasteiger partial charge in [0.25, 0.3) is 0 Å². The monoisotopic (exact) mass is 332 g/mol. The van der Waals surface area contributed by atoms with Gasteiger partial charge in [-0.3, -0.25) is 0 Å². The summed E-state index contributed by atoms with van der Waals surface area (Å²) in [5.41, 5.74) is 0. The van der Waals surface area contributed by atoms with Gasteiger partial charge in [-0.15, -0.1) is 0 Å². The van der Waals surface area contributed by atoms with E-state index in [1.54, 1.807) is 0 Å². The zero-order chi connectivity index (χ0) is 11.6. The summed E-state index contributed by atoms with van der Waals surface area (Å²) in [6.07, 6.45) is 2.72. The maximum absolute atomic E-state index is 4.22. The highest BCUT2D eigenvalue weighted by atomic mass is 32.2. The van der Waals surface area contributed by atoms with E-state index >= 15 is 0 Å². The molecule has 0 N–H and O–H groups in total. The highest BCUT2D eigenvalue weighted by Gasteiger charge is 2.21. The first-order chi connectivity index (χ1) is 7.86. The maximum Gasteiger partial charge on any atom is 0.0361 e. The lowest BCUT2D eigenvalue weighted by atomic mass is 10.3. The van der Waals surface area contributed by atoms with Crippen molar-refractivity contribution in [1.82, 2.24) is 0 Å². The molecule has 0 aromatic heterocycles. The van der Waals surface area contributed by atoms with Gasteiger partial charge in [0, 0.05) is 32.2 Å².